The molecule has 3 atom stereocenters. The van der Waals surface area contributed by atoms with Gasteiger partial charge >= 0.3 is 0 Å². The first kappa shape index (κ1) is 26.5. The fraction of sp³-hybridized carbons (Fsp3) is 0.645. The molecule has 2 aliphatic heterocycles. The highest BCUT2D eigenvalue weighted by Gasteiger charge is 2.61. The first-order chi connectivity index (χ1) is 19.3. The zero-order valence-electron chi connectivity index (χ0n) is 23.6. The van der Waals surface area contributed by atoms with Gasteiger partial charge in [0.2, 0.25) is 11.9 Å². The highest BCUT2D eigenvalue weighted by Crippen LogP contribution is 2.58. The third kappa shape index (κ3) is 4.49. The lowest BCUT2D eigenvalue weighted by Gasteiger charge is -2.52. The number of hydrogen-bond acceptors (Lipinski definition) is 7. The molecule has 0 radical (unpaired) electrons. The molecule has 214 valence electrons. The Kier molecular flexibility index (Phi) is 6.55. The first-order valence-electron chi connectivity index (χ1n) is 15.2. The first-order valence-corrected chi connectivity index (χ1v) is 16.4. The number of fused-ring (bicyclic) bond motifs is 2. The Morgan fingerprint density at radius 1 is 1.07 bits per heavy atom. The summed E-state index contributed by atoms with van der Waals surface area (Å²) >= 11 is 0. The molecule has 2 N–H and O–H groups in total. The topological polar surface area (TPSA) is 98.7 Å². The number of amides is 1. The van der Waals surface area contributed by atoms with E-state index in [0.717, 1.165) is 74.2 Å². The van der Waals surface area contributed by atoms with Crippen LogP contribution in [0.3, 0.4) is 0 Å². The Hall–Kier alpha value is -2.36. The van der Waals surface area contributed by atoms with E-state index in [9.17, 15) is 14.1 Å². The van der Waals surface area contributed by atoms with Crippen LogP contribution in [-0.2, 0) is 21.0 Å². The Morgan fingerprint density at radius 2 is 1.80 bits per heavy atom. The van der Waals surface area contributed by atoms with Gasteiger partial charge in [-0.05, 0) is 121 Å². The van der Waals surface area contributed by atoms with E-state index in [1.165, 1.54) is 12.8 Å². The maximum absolute atomic E-state index is 13.5. The number of likely N-dealkylation sites (tertiary alicyclic amines) is 1. The number of carbonyl (C=O) groups excluding carboxylic acids is 1. The summed E-state index contributed by atoms with van der Waals surface area (Å²) in [6.07, 6.45) is 11.0. The van der Waals surface area contributed by atoms with Crippen molar-refractivity contribution in [2.24, 2.45) is 5.41 Å². The number of piperidine rings is 1. The highest BCUT2D eigenvalue weighted by molar-refractivity contribution is 7.85. The normalized spacial score (nSPS) is 28.1. The summed E-state index contributed by atoms with van der Waals surface area (Å²) in [5.41, 5.74) is 1.72. The fourth-order valence-electron chi connectivity index (χ4n) is 7.69. The number of aliphatic hydroxyl groups excluding tert-OH is 1. The van der Waals surface area contributed by atoms with E-state index in [4.69, 9.17) is 4.98 Å². The van der Waals surface area contributed by atoms with Gasteiger partial charge in [-0.2, -0.15) is 4.98 Å². The van der Waals surface area contributed by atoms with Gasteiger partial charge < -0.3 is 15.3 Å². The van der Waals surface area contributed by atoms with Crippen molar-refractivity contribution < 1.29 is 14.1 Å². The van der Waals surface area contributed by atoms with Gasteiger partial charge in [-0.1, -0.05) is 0 Å². The number of aliphatic hydroxyl groups is 1. The van der Waals surface area contributed by atoms with E-state index in [0.29, 0.717) is 29.6 Å². The average Bonchev–Trinajstić information content (AvgIpc) is 3.70. The molecule has 8 nitrogen and oxygen atoms in total. The third-order valence-electron chi connectivity index (χ3n) is 10.4. The zero-order valence-corrected chi connectivity index (χ0v) is 24.5. The van der Waals surface area contributed by atoms with Gasteiger partial charge in [0.25, 0.3) is 0 Å². The summed E-state index contributed by atoms with van der Waals surface area (Å²) in [4.78, 5) is 28.2. The molecule has 1 aromatic carbocycles. The van der Waals surface area contributed by atoms with Crippen molar-refractivity contribution in [2.75, 3.05) is 23.3 Å². The summed E-state index contributed by atoms with van der Waals surface area (Å²) < 4.78 is 13.3. The second-order valence-corrected chi connectivity index (χ2v) is 15.0. The molecule has 1 saturated heterocycles. The number of benzene rings is 1. The van der Waals surface area contributed by atoms with Crippen LogP contribution in [-0.4, -0.2) is 66.6 Å². The van der Waals surface area contributed by atoms with Crippen molar-refractivity contribution in [3.63, 3.8) is 0 Å². The Bertz CT molecular complexity index is 1310. The molecule has 2 aromatic rings. The number of nitrogens with one attached hydrogen (secondary N) is 1. The molecule has 3 unspecified atom stereocenters. The molecule has 40 heavy (non-hydrogen) atoms. The SMILES string of the molecule is CC(C)N1CCC2(CC1)CC(S(=O)c1ccc(Nc3ncc4c(n3)N(C3CCCC(O)C3)C(=O)C43CC3)cc1)C2. The maximum atomic E-state index is 13.5. The van der Waals surface area contributed by atoms with E-state index < -0.39 is 16.2 Å². The standard InChI is InChI=1S/C31H41N5O3S/c1-20(2)35-14-12-30(13-15-35)17-25(18-30)40(39)24-8-6-21(7-9-24)33-29-32-19-26-27(34-29)36(28(38)31(26)10-11-31)22-4-3-5-23(37)16-22/h6-9,19-20,22-23,25,37H,3-5,10-18H2,1-2H3,(H,32,33,34). The number of carbonyl (C=O) groups is 1. The largest absolute Gasteiger partial charge is 0.393 e. The second-order valence-electron chi connectivity index (χ2n) is 13.3. The Labute approximate surface area is 239 Å². The van der Waals surface area contributed by atoms with Gasteiger partial charge in [0, 0.05) is 39.7 Å². The van der Waals surface area contributed by atoms with Crippen LogP contribution >= 0.6 is 0 Å². The molecular formula is C31H41N5O3S. The molecular weight excluding hydrogens is 522 g/mol. The summed E-state index contributed by atoms with van der Waals surface area (Å²) in [5, 5.41) is 13.8. The molecule has 1 aromatic heterocycles. The van der Waals surface area contributed by atoms with Crippen LogP contribution in [0.25, 0.3) is 0 Å². The van der Waals surface area contributed by atoms with Crippen LogP contribution in [0, 0.1) is 5.41 Å². The van der Waals surface area contributed by atoms with Crippen molar-refractivity contribution in [1.82, 2.24) is 14.9 Å². The van der Waals surface area contributed by atoms with Crippen LogP contribution in [0.2, 0.25) is 0 Å². The van der Waals surface area contributed by atoms with E-state index >= 15 is 0 Å². The summed E-state index contributed by atoms with van der Waals surface area (Å²) in [5.74, 6) is 1.28. The number of aromatic nitrogens is 2. The summed E-state index contributed by atoms with van der Waals surface area (Å²) in [6, 6.07) is 8.40. The second kappa shape index (κ2) is 9.88. The van der Waals surface area contributed by atoms with Crippen LogP contribution in [0.1, 0.15) is 83.6 Å². The minimum absolute atomic E-state index is 0.0135. The maximum Gasteiger partial charge on any atom is 0.239 e. The average molecular weight is 564 g/mol. The van der Waals surface area contributed by atoms with E-state index in [-0.39, 0.29) is 23.3 Å². The Balaban J connectivity index is 1.02. The van der Waals surface area contributed by atoms with Crippen molar-refractivity contribution in [2.45, 2.75) is 112 Å². The molecule has 2 spiro atoms. The lowest BCUT2D eigenvalue weighted by atomic mass is 9.63. The van der Waals surface area contributed by atoms with Gasteiger partial charge in [0.1, 0.15) is 5.82 Å². The van der Waals surface area contributed by atoms with Crippen molar-refractivity contribution in [1.29, 1.82) is 0 Å². The van der Waals surface area contributed by atoms with Gasteiger partial charge in [-0.15, -0.1) is 0 Å². The number of rotatable bonds is 6. The predicted octanol–water partition coefficient (Wildman–Crippen LogP) is 4.66. The van der Waals surface area contributed by atoms with Crippen LogP contribution < -0.4 is 10.2 Å². The van der Waals surface area contributed by atoms with E-state index in [1.54, 1.807) is 0 Å². The third-order valence-corrected chi connectivity index (χ3v) is 12.1. The van der Waals surface area contributed by atoms with Gasteiger partial charge in [-0.25, -0.2) is 4.98 Å². The molecule has 0 bridgehead atoms. The van der Waals surface area contributed by atoms with Gasteiger partial charge in [0.15, 0.2) is 0 Å². The van der Waals surface area contributed by atoms with Gasteiger partial charge in [-0.3, -0.25) is 13.9 Å². The lowest BCUT2D eigenvalue weighted by molar-refractivity contribution is -0.121. The highest BCUT2D eigenvalue weighted by atomic mass is 32.2. The molecule has 5 aliphatic rings. The summed E-state index contributed by atoms with van der Waals surface area (Å²) in [7, 11) is -0.995. The number of hydrogen-bond donors (Lipinski definition) is 2. The summed E-state index contributed by atoms with van der Waals surface area (Å²) in [6.45, 7) is 6.87. The van der Waals surface area contributed by atoms with E-state index in [2.05, 4.69) is 29.0 Å². The molecule has 7 rings (SSSR count). The van der Waals surface area contributed by atoms with E-state index in [1.807, 2.05) is 35.4 Å². The smallest absolute Gasteiger partial charge is 0.239 e. The van der Waals surface area contributed by atoms with Crippen molar-refractivity contribution in [3.8, 4) is 0 Å². The fourth-order valence-corrected chi connectivity index (χ4v) is 9.49. The van der Waals surface area contributed by atoms with Crippen LogP contribution in [0.4, 0.5) is 17.5 Å². The molecule has 4 fully saturated rings. The zero-order chi connectivity index (χ0) is 27.6. The minimum atomic E-state index is -0.995. The molecule has 3 saturated carbocycles. The molecule has 3 heterocycles. The van der Waals surface area contributed by atoms with Crippen molar-refractivity contribution >= 4 is 34.2 Å². The van der Waals surface area contributed by atoms with Crippen molar-refractivity contribution in [3.05, 3.63) is 36.0 Å². The molecule has 3 aliphatic carbocycles. The minimum Gasteiger partial charge on any atom is -0.393 e. The van der Waals surface area contributed by atoms with Gasteiger partial charge in [0.05, 0.1) is 22.3 Å². The monoisotopic (exact) mass is 563 g/mol. The molecule has 1 amide bonds. The quantitative estimate of drug-likeness (QED) is 0.527. The number of nitrogens with zero attached hydrogens (tertiary/aromatic N) is 4. The molecule has 9 heteroatoms. The number of anilines is 3. The lowest BCUT2D eigenvalue weighted by Crippen LogP contribution is -2.51. The Morgan fingerprint density at radius 3 is 2.45 bits per heavy atom. The van der Waals surface area contributed by atoms with Crippen LogP contribution in [0.15, 0.2) is 35.4 Å². The predicted molar refractivity (Wildman–Crippen MR) is 156 cm³/mol. The van der Waals surface area contributed by atoms with Crippen LogP contribution in [0.5, 0.6) is 0 Å².